The van der Waals surface area contributed by atoms with Gasteiger partial charge < -0.3 is 25.2 Å². The predicted octanol–water partition coefficient (Wildman–Crippen LogP) is 3.29. The van der Waals surface area contributed by atoms with Crippen LogP contribution in [-0.2, 0) is 13.8 Å². The molecule has 0 saturated heterocycles. The number of aryl methyl sites for hydroxylation is 2. The van der Waals surface area contributed by atoms with Gasteiger partial charge >= 0.3 is 13.9 Å². The molecule has 14 nitrogen and oxygen atoms in total. The predicted molar refractivity (Wildman–Crippen MR) is 141 cm³/mol. The van der Waals surface area contributed by atoms with E-state index in [-0.39, 0.29) is 18.0 Å². The third-order valence-corrected chi connectivity index (χ3v) is 6.10. The van der Waals surface area contributed by atoms with Gasteiger partial charge in [0.25, 0.3) is 11.8 Å². The number of nitrogens with one attached hydrogen (secondary N) is 2. The number of carbonyl (C=O) groups excluding carboxylic acids is 3. The maximum atomic E-state index is 13.4. The number of hydrogen-bond donors (Lipinski definition) is 4. The van der Waals surface area contributed by atoms with Crippen molar-refractivity contribution >= 4 is 42.8 Å². The van der Waals surface area contributed by atoms with Gasteiger partial charge in [0, 0.05) is 30.5 Å². The van der Waals surface area contributed by atoms with Crippen molar-refractivity contribution in [2.45, 2.75) is 40.5 Å². The fourth-order valence-corrected chi connectivity index (χ4v) is 3.89. The molecule has 0 saturated carbocycles. The molecule has 0 aliphatic carbocycles. The number of phosphoric acid groups is 1. The lowest BCUT2D eigenvalue weighted by Crippen LogP contribution is -2.38. The summed E-state index contributed by atoms with van der Waals surface area (Å²) in [5.74, 6) is -0.526. The van der Waals surface area contributed by atoms with Crippen LogP contribution in [0.5, 0.6) is 0 Å². The smallest absolute Gasteiger partial charge is 0.421 e. The Balaban J connectivity index is 1.92. The topological polar surface area (TPSA) is 185 Å². The number of hydrogen-bond acceptors (Lipinski definition) is 9. The summed E-state index contributed by atoms with van der Waals surface area (Å²) in [7, 11) is -4.86. The van der Waals surface area contributed by atoms with Gasteiger partial charge in [0.15, 0.2) is 5.82 Å². The SMILES string of the molecule is CCCNC(=O)c1ccc(C)c(Nc2ncnn3cc(C(=O)N(CCC)C(=O)OCOP(=O)(O)O)c(C)c23)c1. The molecule has 4 N–H and O–H groups in total. The molecular weight excluding hydrogens is 531 g/mol. The third kappa shape index (κ3) is 7.39. The monoisotopic (exact) mass is 562 g/mol. The van der Waals surface area contributed by atoms with Crippen molar-refractivity contribution in [1.29, 1.82) is 0 Å². The van der Waals surface area contributed by atoms with Crippen molar-refractivity contribution in [2.75, 3.05) is 25.2 Å². The van der Waals surface area contributed by atoms with Gasteiger partial charge in [0.05, 0.1) is 5.56 Å². The molecule has 0 spiro atoms. The zero-order valence-electron chi connectivity index (χ0n) is 22.0. The highest BCUT2D eigenvalue weighted by atomic mass is 31.2. The van der Waals surface area contributed by atoms with E-state index in [1.807, 2.05) is 19.9 Å². The molecule has 0 atom stereocenters. The minimum atomic E-state index is -4.86. The summed E-state index contributed by atoms with van der Waals surface area (Å²) < 4.78 is 21.2. The van der Waals surface area contributed by atoms with Gasteiger partial charge in [-0.05, 0) is 49.9 Å². The second-order valence-electron chi connectivity index (χ2n) is 8.58. The number of rotatable bonds is 11. The zero-order valence-corrected chi connectivity index (χ0v) is 22.9. The molecule has 3 amide bonds. The third-order valence-electron chi connectivity index (χ3n) is 5.66. The van der Waals surface area contributed by atoms with Gasteiger partial charge in [-0.3, -0.25) is 9.59 Å². The molecule has 1 aromatic carbocycles. The summed E-state index contributed by atoms with van der Waals surface area (Å²) in [6, 6.07) is 5.25. The maximum Gasteiger partial charge on any atom is 0.472 e. The number of ether oxygens (including phenoxy) is 1. The van der Waals surface area contributed by atoms with Crippen LogP contribution in [-0.4, -0.2) is 67.1 Å². The Labute approximate surface area is 224 Å². The summed E-state index contributed by atoms with van der Waals surface area (Å²) in [6.07, 6.45) is 2.84. The molecule has 3 rings (SSSR count). The van der Waals surface area contributed by atoms with Crippen molar-refractivity contribution in [3.8, 4) is 0 Å². The van der Waals surface area contributed by atoms with E-state index in [1.165, 1.54) is 17.0 Å². The molecule has 0 bridgehead atoms. The van der Waals surface area contributed by atoms with Crippen LogP contribution in [0.2, 0.25) is 0 Å². The molecule has 0 aliphatic rings. The van der Waals surface area contributed by atoms with Gasteiger partial charge in [-0.2, -0.15) is 5.10 Å². The van der Waals surface area contributed by atoms with E-state index in [1.54, 1.807) is 26.0 Å². The molecule has 15 heteroatoms. The minimum absolute atomic E-state index is 0.0118. The second kappa shape index (κ2) is 12.8. The molecule has 210 valence electrons. The summed E-state index contributed by atoms with van der Waals surface area (Å²) in [5.41, 5.74) is 3.04. The van der Waals surface area contributed by atoms with Crippen molar-refractivity contribution < 1.29 is 38.0 Å². The fourth-order valence-electron chi connectivity index (χ4n) is 3.70. The summed E-state index contributed by atoms with van der Waals surface area (Å²) in [5, 5.41) is 10.2. The lowest BCUT2D eigenvalue weighted by molar-refractivity contribution is 0.0203. The van der Waals surface area contributed by atoms with Crippen LogP contribution in [0.3, 0.4) is 0 Å². The van der Waals surface area contributed by atoms with E-state index < -0.39 is 26.6 Å². The first kappa shape index (κ1) is 29.7. The molecule has 2 heterocycles. The quantitative estimate of drug-likeness (QED) is 0.199. The van der Waals surface area contributed by atoms with Gasteiger partial charge in [0.1, 0.15) is 11.8 Å². The summed E-state index contributed by atoms with van der Waals surface area (Å²) in [4.78, 5) is 61.0. The van der Waals surface area contributed by atoms with Gasteiger partial charge in [-0.15, -0.1) is 0 Å². The van der Waals surface area contributed by atoms with E-state index in [0.717, 1.165) is 16.9 Å². The maximum absolute atomic E-state index is 13.4. The van der Waals surface area contributed by atoms with E-state index in [4.69, 9.17) is 14.5 Å². The van der Waals surface area contributed by atoms with Crippen molar-refractivity contribution in [3.63, 3.8) is 0 Å². The summed E-state index contributed by atoms with van der Waals surface area (Å²) in [6.45, 7) is 6.78. The Morgan fingerprint density at radius 1 is 1.15 bits per heavy atom. The van der Waals surface area contributed by atoms with Crippen LogP contribution in [0.15, 0.2) is 30.7 Å². The number of carbonyl (C=O) groups is 3. The first-order valence-corrected chi connectivity index (χ1v) is 13.7. The van der Waals surface area contributed by atoms with E-state index >= 15 is 0 Å². The zero-order chi connectivity index (χ0) is 28.7. The Bertz CT molecular complexity index is 1420. The molecule has 0 radical (unpaired) electrons. The second-order valence-corrected chi connectivity index (χ2v) is 9.82. The van der Waals surface area contributed by atoms with Crippen LogP contribution in [0.25, 0.3) is 5.52 Å². The molecule has 39 heavy (non-hydrogen) atoms. The number of amides is 3. The van der Waals surface area contributed by atoms with E-state index in [2.05, 4.69) is 25.2 Å². The van der Waals surface area contributed by atoms with Crippen LogP contribution >= 0.6 is 7.82 Å². The van der Waals surface area contributed by atoms with Gasteiger partial charge in [-0.1, -0.05) is 19.9 Å². The lowest BCUT2D eigenvalue weighted by Gasteiger charge is -2.19. The van der Waals surface area contributed by atoms with Crippen LogP contribution in [0, 0.1) is 13.8 Å². The van der Waals surface area contributed by atoms with Crippen LogP contribution < -0.4 is 10.6 Å². The minimum Gasteiger partial charge on any atom is -0.421 e. The highest BCUT2D eigenvalue weighted by Gasteiger charge is 2.28. The first-order valence-electron chi connectivity index (χ1n) is 12.1. The standard InChI is InChI=1S/C24H31N6O8P/c1-5-9-25-22(31)17-8-7-15(3)19(11-17)28-21-20-16(4)18(12-30(20)27-13-26-21)23(32)29(10-6-2)24(33)37-14-38-39(34,35)36/h7-8,11-13H,5-6,9-10,14H2,1-4H3,(H,25,31)(H,26,27,28)(H2,34,35,36). The van der Waals surface area contributed by atoms with E-state index in [9.17, 15) is 18.9 Å². The van der Waals surface area contributed by atoms with Crippen molar-refractivity contribution in [1.82, 2.24) is 24.8 Å². The Morgan fingerprint density at radius 2 is 1.90 bits per heavy atom. The highest BCUT2D eigenvalue weighted by molar-refractivity contribution is 7.46. The van der Waals surface area contributed by atoms with E-state index in [0.29, 0.717) is 41.1 Å². The Morgan fingerprint density at radius 3 is 2.56 bits per heavy atom. The number of benzene rings is 1. The molecule has 0 fully saturated rings. The number of nitrogens with zero attached hydrogens (tertiary/aromatic N) is 4. The normalized spacial score (nSPS) is 11.3. The van der Waals surface area contributed by atoms with Crippen LogP contribution in [0.4, 0.5) is 16.3 Å². The molecular formula is C24H31N6O8P. The largest absolute Gasteiger partial charge is 0.472 e. The Hall–Kier alpha value is -3.84. The van der Waals surface area contributed by atoms with Crippen LogP contribution in [0.1, 0.15) is 58.5 Å². The van der Waals surface area contributed by atoms with Crippen molar-refractivity contribution in [3.05, 3.63) is 53.0 Å². The molecule has 2 aromatic heterocycles. The number of phosphoric ester groups is 1. The Kier molecular flexibility index (Phi) is 9.76. The van der Waals surface area contributed by atoms with Gasteiger partial charge in [-0.25, -0.2) is 28.3 Å². The fraction of sp³-hybridized carbons (Fsp3) is 0.375. The highest BCUT2D eigenvalue weighted by Crippen LogP contribution is 2.35. The number of anilines is 2. The molecule has 3 aromatic rings. The van der Waals surface area contributed by atoms with Crippen molar-refractivity contribution in [2.24, 2.45) is 0 Å². The summed E-state index contributed by atoms with van der Waals surface area (Å²) >= 11 is 0. The molecule has 0 aliphatic heterocycles. The number of imide groups is 1. The first-order chi connectivity index (χ1) is 18.5. The van der Waals surface area contributed by atoms with Gasteiger partial charge in [0.2, 0.25) is 6.79 Å². The average molecular weight is 563 g/mol. The average Bonchev–Trinajstić information content (AvgIpc) is 3.23. The number of fused-ring (bicyclic) bond motifs is 1. The lowest BCUT2D eigenvalue weighted by atomic mass is 10.1. The number of aromatic nitrogens is 3. The molecule has 0 unspecified atom stereocenters.